The first-order valence-corrected chi connectivity index (χ1v) is 6.90. The largest absolute Gasteiger partial charge is 0.343 e. The quantitative estimate of drug-likeness (QED) is 0.728. The number of halogens is 1. The van der Waals surface area contributed by atoms with Crippen LogP contribution >= 0.6 is 11.6 Å². The van der Waals surface area contributed by atoms with Gasteiger partial charge >= 0.3 is 0 Å². The highest BCUT2D eigenvalue weighted by atomic mass is 35.5. The molecule has 106 valence electrons. The summed E-state index contributed by atoms with van der Waals surface area (Å²) in [6.45, 7) is 0. The van der Waals surface area contributed by atoms with Gasteiger partial charge in [-0.2, -0.15) is 0 Å². The molecule has 3 aromatic rings. The Kier molecular flexibility index (Phi) is 3.39. The molecular weight excluding hydrogens is 286 g/mol. The maximum atomic E-state index is 12.4. The number of hydrogen-bond donors (Lipinski definition) is 0. The van der Waals surface area contributed by atoms with Gasteiger partial charge < -0.3 is 4.90 Å². The van der Waals surface area contributed by atoms with E-state index in [4.69, 9.17) is 11.6 Å². The van der Waals surface area contributed by atoms with E-state index in [-0.39, 0.29) is 5.91 Å². The van der Waals surface area contributed by atoms with Gasteiger partial charge in [0, 0.05) is 30.9 Å². The van der Waals surface area contributed by atoms with Crippen molar-refractivity contribution in [1.82, 2.24) is 14.3 Å². The molecule has 0 spiro atoms. The molecule has 0 saturated heterocycles. The average molecular weight is 300 g/mol. The summed E-state index contributed by atoms with van der Waals surface area (Å²) in [5.74, 6) is -0.122. The van der Waals surface area contributed by atoms with E-state index in [1.807, 2.05) is 53.1 Å². The van der Waals surface area contributed by atoms with Crippen LogP contribution in [0.1, 0.15) is 10.5 Å². The first kappa shape index (κ1) is 13.6. The molecule has 0 aliphatic rings. The summed E-state index contributed by atoms with van der Waals surface area (Å²) < 4.78 is 1.92. The highest BCUT2D eigenvalue weighted by Crippen LogP contribution is 2.27. The van der Waals surface area contributed by atoms with Gasteiger partial charge in [0.15, 0.2) is 5.69 Å². The molecule has 0 saturated carbocycles. The second-order valence-corrected chi connectivity index (χ2v) is 5.38. The fourth-order valence-electron chi connectivity index (χ4n) is 2.24. The van der Waals surface area contributed by atoms with E-state index in [1.54, 1.807) is 14.1 Å². The summed E-state index contributed by atoms with van der Waals surface area (Å²) in [6, 6.07) is 13.1. The third kappa shape index (κ3) is 2.38. The maximum absolute atomic E-state index is 12.4. The van der Waals surface area contributed by atoms with Crippen LogP contribution < -0.4 is 0 Å². The normalized spacial score (nSPS) is 10.8. The minimum absolute atomic E-state index is 0.122. The van der Waals surface area contributed by atoms with Crippen molar-refractivity contribution in [3.8, 4) is 11.3 Å². The molecular formula is C16H14ClN3O. The predicted molar refractivity (Wildman–Crippen MR) is 83.7 cm³/mol. The number of rotatable bonds is 2. The number of benzene rings is 1. The van der Waals surface area contributed by atoms with Gasteiger partial charge in [0.25, 0.3) is 5.91 Å². The summed E-state index contributed by atoms with van der Waals surface area (Å²) in [5, 5.41) is 0.660. The highest BCUT2D eigenvalue weighted by molar-refractivity contribution is 6.30. The van der Waals surface area contributed by atoms with Gasteiger partial charge in [0.1, 0.15) is 5.65 Å². The topological polar surface area (TPSA) is 37.6 Å². The Morgan fingerprint density at radius 1 is 1.14 bits per heavy atom. The van der Waals surface area contributed by atoms with Crippen LogP contribution in [0, 0.1) is 0 Å². The minimum Gasteiger partial charge on any atom is -0.343 e. The third-order valence-corrected chi connectivity index (χ3v) is 3.51. The highest BCUT2D eigenvalue weighted by Gasteiger charge is 2.21. The predicted octanol–water partition coefficient (Wildman–Crippen LogP) is 3.36. The van der Waals surface area contributed by atoms with Crippen molar-refractivity contribution in [2.24, 2.45) is 0 Å². The molecule has 21 heavy (non-hydrogen) atoms. The smallest absolute Gasteiger partial charge is 0.274 e. The lowest BCUT2D eigenvalue weighted by Gasteiger charge is -2.10. The second kappa shape index (κ2) is 5.22. The fraction of sp³-hybridized carbons (Fsp3) is 0.125. The summed E-state index contributed by atoms with van der Waals surface area (Å²) >= 11 is 5.95. The van der Waals surface area contributed by atoms with E-state index in [0.29, 0.717) is 10.7 Å². The molecule has 2 aromatic heterocycles. The van der Waals surface area contributed by atoms with Crippen LogP contribution in [0.25, 0.3) is 16.9 Å². The van der Waals surface area contributed by atoms with Crippen molar-refractivity contribution >= 4 is 23.2 Å². The van der Waals surface area contributed by atoms with Gasteiger partial charge in [0.05, 0.1) is 5.69 Å². The Labute approximate surface area is 127 Å². The number of nitrogens with zero attached hydrogens (tertiary/aromatic N) is 3. The zero-order chi connectivity index (χ0) is 15.0. The van der Waals surface area contributed by atoms with Crippen LogP contribution in [0.2, 0.25) is 5.02 Å². The first-order valence-electron chi connectivity index (χ1n) is 6.52. The molecule has 0 atom stereocenters. The number of imidazole rings is 1. The zero-order valence-corrected chi connectivity index (χ0v) is 12.5. The van der Waals surface area contributed by atoms with Crippen LogP contribution in [0.5, 0.6) is 0 Å². The Morgan fingerprint density at radius 2 is 1.86 bits per heavy atom. The lowest BCUT2D eigenvalue weighted by Crippen LogP contribution is -2.22. The number of aromatic nitrogens is 2. The van der Waals surface area contributed by atoms with Gasteiger partial charge in [-0.25, -0.2) is 4.98 Å². The van der Waals surface area contributed by atoms with E-state index in [1.165, 1.54) is 4.90 Å². The monoisotopic (exact) mass is 299 g/mol. The van der Waals surface area contributed by atoms with Crippen LogP contribution in [0.3, 0.4) is 0 Å². The van der Waals surface area contributed by atoms with E-state index in [2.05, 4.69) is 4.98 Å². The van der Waals surface area contributed by atoms with Crippen molar-refractivity contribution in [3.63, 3.8) is 0 Å². The van der Waals surface area contributed by atoms with E-state index in [0.717, 1.165) is 16.9 Å². The molecule has 5 heteroatoms. The molecule has 0 bridgehead atoms. The molecule has 0 aliphatic carbocycles. The van der Waals surface area contributed by atoms with E-state index < -0.39 is 0 Å². The summed E-state index contributed by atoms with van der Waals surface area (Å²) in [5.41, 5.74) is 2.87. The van der Waals surface area contributed by atoms with Gasteiger partial charge in [-0.05, 0) is 24.3 Å². The number of pyridine rings is 1. The van der Waals surface area contributed by atoms with E-state index in [9.17, 15) is 4.79 Å². The fourth-order valence-corrected chi connectivity index (χ4v) is 2.37. The van der Waals surface area contributed by atoms with Crippen LogP contribution in [0.4, 0.5) is 0 Å². The SMILES string of the molecule is CN(C)C(=O)c1nc2ccccn2c1-c1ccc(Cl)cc1. The van der Waals surface area contributed by atoms with Crippen LogP contribution in [-0.2, 0) is 0 Å². The molecule has 0 unspecified atom stereocenters. The van der Waals surface area contributed by atoms with Crippen molar-refractivity contribution in [2.45, 2.75) is 0 Å². The number of fused-ring (bicyclic) bond motifs is 1. The van der Waals surface area contributed by atoms with Gasteiger partial charge in [0.2, 0.25) is 0 Å². The van der Waals surface area contributed by atoms with E-state index >= 15 is 0 Å². The molecule has 0 N–H and O–H groups in total. The zero-order valence-electron chi connectivity index (χ0n) is 11.7. The van der Waals surface area contributed by atoms with Crippen molar-refractivity contribution in [1.29, 1.82) is 0 Å². The molecule has 0 fully saturated rings. The number of carbonyl (C=O) groups excluding carboxylic acids is 1. The molecule has 1 aromatic carbocycles. The second-order valence-electron chi connectivity index (χ2n) is 4.94. The van der Waals surface area contributed by atoms with Crippen LogP contribution in [-0.4, -0.2) is 34.3 Å². The number of hydrogen-bond acceptors (Lipinski definition) is 2. The Hall–Kier alpha value is -2.33. The molecule has 1 amide bonds. The minimum atomic E-state index is -0.122. The third-order valence-electron chi connectivity index (χ3n) is 3.26. The number of amides is 1. The lowest BCUT2D eigenvalue weighted by molar-refractivity contribution is 0.0823. The van der Waals surface area contributed by atoms with Crippen LogP contribution in [0.15, 0.2) is 48.7 Å². The van der Waals surface area contributed by atoms with Gasteiger partial charge in [-0.15, -0.1) is 0 Å². The standard InChI is InChI=1S/C16H14ClN3O/c1-19(2)16(21)14-15(11-6-8-12(17)9-7-11)20-10-4-3-5-13(20)18-14/h3-10H,1-2H3. The number of carbonyl (C=O) groups is 1. The molecule has 3 rings (SSSR count). The lowest BCUT2D eigenvalue weighted by atomic mass is 10.1. The van der Waals surface area contributed by atoms with Gasteiger partial charge in [-0.1, -0.05) is 29.8 Å². The Bertz CT molecular complexity index is 806. The van der Waals surface area contributed by atoms with Crippen molar-refractivity contribution in [2.75, 3.05) is 14.1 Å². The maximum Gasteiger partial charge on any atom is 0.274 e. The molecule has 4 nitrogen and oxygen atoms in total. The Morgan fingerprint density at radius 3 is 2.52 bits per heavy atom. The average Bonchev–Trinajstić information content (AvgIpc) is 2.86. The summed E-state index contributed by atoms with van der Waals surface area (Å²) in [7, 11) is 3.44. The van der Waals surface area contributed by atoms with Crippen molar-refractivity contribution < 1.29 is 4.79 Å². The Balaban J connectivity index is 2.30. The van der Waals surface area contributed by atoms with Gasteiger partial charge in [-0.3, -0.25) is 9.20 Å². The molecule has 0 aliphatic heterocycles. The van der Waals surface area contributed by atoms with Crippen molar-refractivity contribution in [3.05, 3.63) is 59.4 Å². The molecule has 0 radical (unpaired) electrons. The molecule has 2 heterocycles. The first-order chi connectivity index (χ1) is 10.1. The summed E-state index contributed by atoms with van der Waals surface area (Å²) in [4.78, 5) is 18.4. The summed E-state index contributed by atoms with van der Waals surface area (Å²) in [6.07, 6.45) is 1.90.